The molecule has 0 aliphatic carbocycles. The smallest absolute Gasteiger partial charge is 0.309 e. The van der Waals surface area contributed by atoms with Crippen molar-refractivity contribution in [2.45, 2.75) is 6.42 Å². The summed E-state index contributed by atoms with van der Waals surface area (Å²) in [5.41, 5.74) is 2.14. The van der Waals surface area contributed by atoms with Crippen LogP contribution in [0.3, 0.4) is 0 Å². The Labute approximate surface area is 155 Å². The van der Waals surface area contributed by atoms with E-state index in [-0.39, 0.29) is 24.1 Å². The van der Waals surface area contributed by atoms with Crippen LogP contribution < -0.4 is 5.32 Å². The average molecular weight is 370 g/mol. The molecule has 0 radical (unpaired) electrons. The van der Waals surface area contributed by atoms with Gasteiger partial charge in [-0.2, -0.15) is 0 Å². The third-order valence-corrected chi connectivity index (χ3v) is 3.97. The van der Waals surface area contributed by atoms with E-state index in [1.165, 1.54) is 7.11 Å². The first kappa shape index (κ1) is 17.8. The molecule has 0 aliphatic rings. The van der Waals surface area contributed by atoms with Crippen LogP contribution in [-0.4, -0.2) is 19.0 Å². The van der Waals surface area contributed by atoms with Crippen molar-refractivity contribution < 1.29 is 18.7 Å². The number of nitrogens with one attached hydrogen (secondary N) is 1. The largest absolute Gasteiger partial charge is 0.469 e. The summed E-state index contributed by atoms with van der Waals surface area (Å²) >= 11 is 5.87. The van der Waals surface area contributed by atoms with E-state index in [0.717, 1.165) is 11.1 Å². The molecule has 132 valence electrons. The fourth-order valence-corrected chi connectivity index (χ4v) is 2.55. The molecule has 0 unspecified atom stereocenters. The van der Waals surface area contributed by atoms with Crippen LogP contribution in [0.1, 0.15) is 16.1 Å². The van der Waals surface area contributed by atoms with Gasteiger partial charge in [-0.15, -0.1) is 0 Å². The number of anilines is 1. The molecule has 0 aliphatic heterocycles. The predicted molar refractivity (Wildman–Crippen MR) is 99.3 cm³/mol. The summed E-state index contributed by atoms with van der Waals surface area (Å²) in [5, 5.41) is 3.39. The molecular weight excluding hydrogens is 354 g/mol. The highest BCUT2D eigenvalue weighted by Gasteiger charge is 2.13. The molecule has 1 aromatic heterocycles. The minimum atomic E-state index is -0.375. The summed E-state index contributed by atoms with van der Waals surface area (Å²) in [5.74, 6) is 0.0483. The van der Waals surface area contributed by atoms with E-state index in [9.17, 15) is 9.59 Å². The van der Waals surface area contributed by atoms with E-state index >= 15 is 0 Å². The Hall–Kier alpha value is -3.05. The monoisotopic (exact) mass is 369 g/mol. The summed E-state index contributed by atoms with van der Waals surface area (Å²) in [6.45, 7) is 0. The van der Waals surface area contributed by atoms with E-state index < -0.39 is 0 Å². The molecule has 0 bridgehead atoms. The molecule has 6 heteroatoms. The molecule has 0 saturated carbocycles. The minimum absolute atomic E-state index is 0.141. The topological polar surface area (TPSA) is 68.5 Å². The Morgan fingerprint density at radius 1 is 1.08 bits per heavy atom. The maximum atomic E-state index is 12.4. The zero-order valence-corrected chi connectivity index (χ0v) is 14.7. The summed E-state index contributed by atoms with van der Waals surface area (Å²) in [4.78, 5) is 23.7. The van der Waals surface area contributed by atoms with Gasteiger partial charge in [-0.1, -0.05) is 23.7 Å². The van der Waals surface area contributed by atoms with Crippen LogP contribution in [0.25, 0.3) is 11.3 Å². The Morgan fingerprint density at radius 2 is 1.85 bits per heavy atom. The number of rotatable bonds is 5. The Morgan fingerprint density at radius 3 is 2.58 bits per heavy atom. The Bertz CT molecular complexity index is 931. The number of carbonyl (C=O) groups is 2. The number of methoxy groups -OCH3 is 1. The Kier molecular flexibility index (Phi) is 5.39. The zero-order valence-electron chi connectivity index (χ0n) is 14.0. The highest BCUT2D eigenvalue weighted by molar-refractivity contribution is 6.30. The summed E-state index contributed by atoms with van der Waals surface area (Å²) in [6.07, 6.45) is 0.141. The van der Waals surface area contributed by atoms with Gasteiger partial charge >= 0.3 is 5.97 Å². The lowest BCUT2D eigenvalue weighted by Crippen LogP contribution is -2.11. The van der Waals surface area contributed by atoms with Gasteiger partial charge in [0, 0.05) is 16.3 Å². The van der Waals surface area contributed by atoms with Crippen LogP contribution in [0, 0.1) is 0 Å². The van der Waals surface area contributed by atoms with Crippen LogP contribution in [0.2, 0.25) is 5.02 Å². The van der Waals surface area contributed by atoms with Crippen molar-refractivity contribution in [3.8, 4) is 11.3 Å². The zero-order chi connectivity index (χ0) is 18.5. The van der Waals surface area contributed by atoms with Crippen molar-refractivity contribution in [2.24, 2.45) is 0 Å². The number of benzene rings is 2. The molecule has 2 aromatic carbocycles. The first-order valence-corrected chi connectivity index (χ1v) is 8.26. The molecule has 0 saturated heterocycles. The van der Waals surface area contributed by atoms with Gasteiger partial charge in [-0.25, -0.2) is 0 Å². The highest BCUT2D eigenvalue weighted by atomic mass is 35.5. The fourth-order valence-electron chi connectivity index (χ4n) is 2.42. The second-order valence-electron chi connectivity index (χ2n) is 5.58. The first-order chi connectivity index (χ1) is 12.5. The summed E-state index contributed by atoms with van der Waals surface area (Å²) in [7, 11) is 1.34. The number of hydrogen-bond donors (Lipinski definition) is 1. The molecule has 0 atom stereocenters. The van der Waals surface area contributed by atoms with Gasteiger partial charge in [-0.05, 0) is 54.1 Å². The molecule has 1 N–H and O–H groups in total. The van der Waals surface area contributed by atoms with Crippen molar-refractivity contribution in [3.63, 3.8) is 0 Å². The summed E-state index contributed by atoms with van der Waals surface area (Å²) < 4.78 is 10.3. The number of esters is 1. The van der Waals surface area contributed by atoms with E-state index in [4.69, 9.17) is 16.0 Å². The van der Waals surface area contributed by atoms with Crippen molar-refractivity contribution in [1.29, 1.82) is 0 Å². The normalized spacial score (nSPS) is 10.4. The molecule has 3 rings (SSSR count). The van der Waals surface area contributed by atoms with Gasteiger partial charge in [0.15, 0.2) is 5.76 Å². The molecule has 0 fully saturated rings. The number of halogens is 1. The molecule has 1 amide bonds. The molecular formula is C20H16ClNO4. The van der Waals surface area contributed by atoms with Crippen LogP contribution >= 0.6 is 11.6 Å². The van der Waals surface area contributed by atoms with Gasteiger partial charge in [0.1, 0.15) is 5.76 Å². The lowest BCUT2D eigenvalue weighted by molar-refractivity contribution is -0.139. The molecule has 3 aromatic rings. The van der Waals surface area contributed by atoms with Crippen LogP contribution in [-0.2, 0) is 16.0 Å². The fraction of sp³-hybridized carbons (Fsp3) is 0.100. The first-order valence-electron chi connectivity index (χ1n) is 7.88. The number of ether oxygens (including phenoxy) is 1. The van der Waals surface area contributed by atoms with Gasteiger partial charge in [0.05, 0.1) is 13.5 Å². The van der Waals surface area contributed by atoms with Crippen molar-refractivity contribution in [1.82, 2.24) is 0 Å². The average Bonchev–Trinajstić information content (AvgIpc) is 3.13. The maximum Gasteiger partial charge on any atom is 0.309 e. The van der Waals surface area contributed by atoms with E-state index in [1.807, 2.05) is 12.1 Å². The third-order valence-electron chi connectivity index (χ3n) is 3.72. The highest BCUT2D eigenvalue weighted by Crippen LogP contribution is 2.24. The Balaban J connectivity index is 1.71. The van der Waals surface area contributed by atoms with Crippen LogP contribution in [0.4, 0.5) is 5.69 Å². The SMILES string of the molecule is COC(=O)Cc1cccc(NC(=O)c2ccc(-c3ccc(Cl)cc3)o2)c1. The quantitative estimate of drug-likeness (QED) is 0.669. The van der Waals surface area contributed by atoms with Crippen molar-refractivity contribution in [2.75, 3.05) is 12.4 Å². The minimum Gasteiger partial charge on any atom is -0.469 e. The number of furan rings is 1. The van der Waals surface area contributed by atoms with Crippen molar-refractivity contribution >= 4 is 29.2 Å². The molecule has 26 heavy (non-hydrogen) atoms. The number of hydrogen-bond acceptors (Lipinski definition) is 4. The van der Waals surface area contributed by atoms with Gasteiger partial charge in [0.25, 0.3) is 5.91 Å². The van der Waals surface area contributed by atoms with E-state index in [2.05, 4.69) is 10.1 Å². The molecule has 1 heterocycles. The van der Waals surface area contributed by atoms with Gasteiger partial charge < -0.3 is 14.5 Å². The second kappa shape index (κ2) is 7.89. The number of amides is 1. The van der Waals surface area contributed by atoms with E-state index in [0.29, 0.717) is 16.5 Å². The standard InChI is InChI=1S/C20H16ClNO4/c1-25-19(23)12-13-3-2-4-16(11-13)22-20(24)18-10-9-17(26-18)14-5-7-15(21)8-6-14/h2-11H,12H2,1H3,(H,22,24). The van der Waals surface area contributed by atoms with Crippen LogP contribution in [0.5, 0.6) is 0 Å². The van der Waals surface area contributed by atoms with Gasteiger partial charge in [-0.3, -0.25) is 9.59 Å². The predicted octanol–water partition coefficient (Wildman–Crippen LogP) is 4.57. The molecule has 5 nitrogen and oxygen atoms in total. The lowest BCUT2D eigenvalue weighted by Gasteiger charge is -2.06. The third kappa shape index (κ3) is 4.32. The number of carbonyl (C=O) groups excluding carboxylic acids is 2. The second-order valence-corrected chi connectivity index (χ2v) is 6.01. The maximum absolute atomic E-state index is 12.4. The lowest BCUT2D eigenvalue weighted by atomic mass is 10.1. The molecule has 0 spiro atoms. The van der Waals surface area contributed by atoms with Gasteiger partial charge in [0.2, 0.25) is 0 Å². The van der Waals surface area contributed by atoms with Crippen LogP contribution in [0.15, 0.2) is 65.1 Å². The summed E-state index contributed by atoms with van der Waals surface area (Å²) in [6, 6.07) is 17.5. The van der Waals surface area contributed by atoms with E-state index in [1.54, 1.807) is 48.5 Å². The van der Waals surface area contributed by atoms with Crippen molar-refractivity contribution in [3.05, 3.63) is 77.0 Å².